The van der Waals surface area contributed by atoms with Gasteiger partial charge in [0.15, 0.2) is 0 Å². The summed E-state index contributed by atoms with van der Waals surface area (Å²) < 4.78 is 49.2. The van der Waals surface area contributed by atoms with Gasteiger partial charge in [-0.15, -0.1) is 29.8 Å². The monoisotopic (exact) mass is 591 g/mol. The number of aryl methyl sites for hydroxylation is 1. The zero-order valence-electron chi connectivity index (χ0n) is 15.5. The first kappa shape index (κ1) is 23.4. The zero-order chi connectivity index (χ0) is 20.9. The smallest absolute Gasteiger partial charge is 0.431 e. The Hall–Kier alpha value is -2.90. The third-order valence-corrected chi connectivity index (χ3v) is 3.72. The molecule has 3 heterocycles. The first-order valence-electron chi connectivity index (χ1n) is 8.42. The van der Waals surface area contributed by atoms with E-state index >= 15 is 0 Å². The topological polar surface area (TPSA) is 52.8 Å². The van der Waals surface area contributed by atoms with E-state index in [9.17, 15) is 17.6 Å². The fourth-order valence-electron chi connectivity index (χ4n) is 2.32. The minimum absolute atomic E-state index is 0. The van der Waals surface area contributed by atoms with E-state index in [0.29, 0.717) is 5.69 Å². The van der Waals surface area contributed by atoms with Crippen molar-refractivity contribution in [2.45, 2.75) is 13.1 Å². The van der Waals surface area contributed by atoms with Crippen LogP contribution in [0.3, 0.4) is 0 Å². The summed E-state index contributed by atoms with van der Waals surface area (Å²) in [6, 6.07) is 16.9. The van der Waals surface area contributed by atoms with Crippen molar-refractivity contribution in [2.24, 2.45) is 0 Å². The number of rotatable bonds is 2. The third-order valence-electron chi connectivity index (χ3n) is 3.72. The van der Waals surface area contributed by atoms with Crippen molar-refractivity contribution in [1.82, 2.24) is 20.2 Å². The largest absolute Gasteiger partial charge is 0.573 e. The van der Waals surface area contributed by atoms with Gasteiger partial charge in [0, 0.05) is 44.0 Å². The molecule has 0 fully saturated rings. The summed E-state index contributed by atoms with van der Waals surface area (Å²) in [6.45, 7) is 1.99. The summed E-state index contributed by atoms with van der Waals surface area (Å²) >= 11 is 0. The minimum Gasteiger partial charge on any atom is -0.573 e. The molecule has 0 atom stereocenters. The Morgan fingerprint density at radius 2 is 1.70 bits per heavy atom. The van der Waals surface area contributed by atoms with Crippen LogP contribution < -0.4 is 5.10 Å². The zero-order valence-corrected chi connectivity index (χ0v) is 17.9. The standard InChI is InChI=1S/C12H9FN.C9H5F3N3.Ir/c1-9-6-7-14-12(8-9)10-2-4-11(13)5-3-10;10-9(11,12)8-5-7(14-15-8)6-3-1-2-4-13-6;/h2,4-8H,1H3;1-5H;/q2*-1;. The van der Waals surface area contributed by atoms with Crippen molar-refractivity contribution in [2.75, 3.05) is 0 Å². The van der Waals surface area contributed by atoms with Crippen LogP contribution in [-0.2, 0) is 26.3 Å². The Morgan fingerprint density at radius 3 is 2.27 bits per heavy atom. The maximum Gasteiger partial charge on any atom is 0.431 e. The Labute approximate surface area is 183 Å². The number of pyridine rings is 2. The van der Waals surface area contributed by atoms with E-state index in [-0.39, 0.29) is 31.6 Å². The van der Waals surface area contributed by atoms with Crippen molar-refractivity contribution >= 4 is 0 Å². The number of hydrogen-bond donors (Lipinski definition) is 0. The predicted molar refractivity (Wildman–Crippen MR) is 99.0 cm³/mol. The number of hydrogen-bond acceptors (Lipinski definition) is 3. The van der Waals surface area contributed by atoms with Gasteiger partial charge in [-0.1, -0.05) is 23.4 Å². The Morgan fingerprint density at radius 1 is 0.933 bits per heavy atom. The van der Waals surface area contributed by atoms with E-state index in [1.807, 2.05) is 19.1 Å². The van der Waals surface area contributed by atoms with Gasteiger partial charge in [0.1, 0.15) is 5.69 Å². The van der Waals surface area contributed by atoms with Gasteiger partial charge >= 0.3 is 6.18 Å². The molecular weight excluding hydrogens is 576 g/mol. The molecule has 9 heteroatoms. The summed E-state index contributed by atoms with van der Waals surface area (Å²) in [7, 11) is 0. The van der Waals surface area contributed by atoms with Gasteiger partial charge in [-0.2, -0.15) is 13.2 Å². The summed E-state index contributed by atoms with van der Waals surface area (Å²) in [5.41, 5.74) is 2.28. The molecule has 4 aromatic rings. The van der Waals surface area contributed by atoms with E-state index in [4.69, 9.17) is 0 Å². The molecule has 1 aromatic carbocycles. The molecule has 0 spiro atoms. The van der Waals surface area contributed by atoms with E-state index in [0.717, 1.165) is 22.9 Å². The van der Waals surface area contributed by atoms with Gasteiger partial charge in [0.05, 0.1) is 0 Å². The van der Waals surface area contributed by atoms with Gasteiger partial charge in [-0.3, -0.25) is 9.37 Å². The van der Waals surface area contributed by atoms with Crippen LogP contribution in [0.25, 0.3) is 22.6 Å². The summed E-state index contributed by atoms with van der Waals surface area (Å²) in [4.78, 5) is 8.06. The Bertz CT molecular complexity index is 1060. The van der Waals surface area contributed by atoms with Crippen LogP contribution in [0, 0.1) is 18.8 Å². The predicted octanol–water partition coefficient (Wildman–Crippen LogP) is 5.11. The molecule has 157 valence electrons. The molecule has 0 bridgehead atoms. The molecule has 30 heavy (non-hydrogen) atoms. The van der Waals surface area contributed by atoms with Crippen molar-refractivity contribution in [3.05, 3.63) is 90.1 Å². The summed E-state index contributed by atoms with van der Waals surface area (Å²) in [6.07, 6.45) is -1.24. The fraction of sp³-hybridized carbons (Fsp3) is 0.0952. The van der Waals surface area contributed by atoms with Crippen LogP contribution in [-0.4, -0.2) is 15.1 Å². The molecule has 0 saturated heterocycles. The van der Waals surface area contributed by atoms with Crippen LogP contribution in [0.4, 0.5) is 17.6 Å². The average molecular weight is 591 g/mol. The normalized spacial score (nSPS) is 10.6. The molecule has 0 saturated carbocycles. The molecule has 0 N–H and O–H groups in total. The van der Waals surface area contributed by atoms with E-state index in [1.54, 1.807) is 30.5 Å². The SMILES string of the molecule is Cc1ccnc(-c2[c-]cc(F)cc2)c1.FC(F)(F)c1cc(-c2ccccn2)[n-]n1.[Ir]. The maximum atomic E-state index is 12.6. The second-order valence-corrected chi connectivity index (χ2v) is 5.97. The quantitative estimate of drug-likeness (QED) is 0.241. The van der Waals surface area contributed by atoms with Gasteiger partial charge in [-0.25, -0.2) is 0 Å². The van der Waals surface area contributed by atoms with Gasteiger partial charge in [0.2, 0.25) is 0 Å². The summed E-state index contributed by atoms with van der Waals surface area (Å²) in [5, 5.41) is 6.47. The van der Waals surface area contributed by atoms with Crippen molar-refractivity contribution < 1.29 is 37.7 Å². The summed E-state index contributed by atoms with van der Waals surface area (Å²) in [5.74, 6) is -0.276. The molecular formula is C21H14F4IrN4-2. The van der Waals surface area contributed by atoms with Gasteiger partial charge in [-0.05, 0) is 36.9 Å². The van der Waals surface area contributed by atoms with Crippen LogP contribution in [0.15, 0.2) is 67.0 Å². The molecule has 0 unspecified atom stereocenters. The molecule has 0 aliphatic carbocycles. The molecule has 0 aliphatic rings. The number of halogens is 4. The molecule has 3 aromatic heterocycles. The molecule has 0 amide bonds. The fourth-order valence-corrected chi connectivity index (χ4v) is 2.32. The molecule has 4 rings (SSSR count). The van der Waals surface area contributed by atoms with Gasteiger partial charge in [0.25, 0.3) is 0 Å². The van der Waals surface area contributed by atoms with Gasteiger partial charge < -0.3 is 15.2 Å². The minimum atomic E-state index is -4.46. The molecule has 4 nitrogen and oxygen atoms in total. The Balaban J connectivity index is 0.000000207. The third kappa shape index (κ3) is 6.30. The second-order valence-electron chi connectivity index (χ2n) is 5.97. The van der Waals surface area contributed by atoms with Crippen molar-refractivity contribution in [3.8, 4) is 22.6 Å². The molecule has 1 radical (unpaired) electrons. The van der Waals surface area contributed by atoms with Crippen LogP contribution in [0.2, 0.25) is 0 Å². The average Bonchev–Trinajstić information content (AvgIpc) is 3.21. The van der Waals surface area contributed by atoms with Crippen LogP contribution >= 0.6 is 0 Å². The first-order chi connectivity index (χ1) is 13.8. The van der Waals surface area contributed by atoms with Crippen molar-refractivity contribution in [3.63, 3.8) is 0 Å². The van der Waals surface area contributed by atoms with E-state index < -0.39 is 11.9 Å². The Kier molecular flexibility index (Phi) is 7.97. The van der Waals surface area contributed by atoms with E-state index in [1.165, 1.54) is 18.3 Å². The molecule has 0 aliphatic heterocycles. The van der Waals surface area contributed by atoms with Crippen LogP contribution in [0.5, 0.6) is 0 Å². The maximum absolute atomic E-state index is 12.6. The number of benzene rings is 1. The first-order valence-corrected chi connectivity index (χ1v) is 8.42. The van der Waals surface area contributed by atoms with Crippen LogP contribution in [0.1, 0.15) is 11.3 Å². The second kappa shape index (κ2) is 10.2. The number of nitrogens with zero attached hydrogens (tertiary/aromatic N) is 4. The van der Waals surface area contributed by atoms with E-state index in [2.05, 4.69) is 26.2 Å². The number of aromatic nitrogens is 4. The number of alkyl halides is 3. The van der Waals surface area contributed by atoms with Crippen molar-refractivity contribution in [1.29, 1.82) is 0 Å².